The molecule has 0 saturated carbocycles. The summed E-state index contributed by atoms with van der Waals surface area (Å²) in [5, 5.41) is 0. The van der Waals surface area contributed by atoms with E-state index < -0.39 is 0 Å². The second kappa shape index (κ2) is 9.68. The van der Waals surface area contributed by atoms with E-state index in [1.54, 1.807) is 0 Å². The number of benzene rings is 1. The Hall–Kier alpha value is -1.39. The zero-order chi connectivity index (χ0) is 16.5. The van der Waals surface area contributed by atoms with E-state index in [9.17, 15) is 0 Å². The van der Waals surface area contributed by atoms with Gasteiger partial charge < -0.3 is 15.9 Å². The third-order valence-corrected chi connectivity index (χ3v) is 4.36. The summed E-state index contributed by atoms with van der Waals surface area (Å²) in [6, 6.07) is 5.92. The molecule has 4 nitrogen and oxygen atoms in total. The second-order valence-corrected chi connectivity index (χ2v) is 6.42. The fourth-order valence-electron chi connectivity index (χ4n) is 2.87. The maximum absolute atomic E-state index is 5.87. The van der Waals surface area contributed by atoms with Gasteiger partial charge >= 0.3 is 0 Å². The van der Waals surface area contributed by atoms with Crippen LogP contribution in [-0.2, 0) is 6.42 Å². The molecular weight excluding hydrogens is 286 g/mol. The van der Waals surface area contributed by atoms with Crippen molar-refractivity contribution in [3.05, 3.63) is 29.7 Å². The van der Waals surface area contributed by atoms with Crippen molar-refractivity contribution in [3.63, 3.8) is 0 Å². The van der Waals surface area contributed by atoms with Gasteiger partial charge in [0.25, 0.3) is 0 Å². The summed E-state index contributed by atoms with van der Waals surface area (Å²) in [4.78, 5) is 4.46. The van der Waals surface area contributed by atoms with Crippen LogP contribution in [0.5, 0.6) is 0 Å². The molecular formula is C19H31N3O. The number of hydrogen-bond donors (Lipinski definition) is 2. The lowest BCUT2D eigenvalue weighted by atomic mass is 10.0. The first-order valence-electron chi connectivity index (χ1n) is 9.09. The van der Waals surface area contributed by atoms with Gasteiger partial charge in [0.15, 0.2) is 5.58 Å². The first-order chi connectivity index (χ1) is 11.2. The van der Waals surface area contributed by atoms with Crippen molar-refractivity contribution >= 4 is 11.1 Å². The molecule has 0 amide bonds. The summed E-state index contributed by atoms with van der Waals surface area (Å²) in [5.74, 6) is 0.534. The van der Waals surface area contributed by atoms with Crippen LogP contribution in [0.15, 0.2) is 22.6 Å². The Morgan fingerprint density at radius 3 is 2.43 bits per heavy atom. The molecule has 0 radical (unpaired) electrons. The molecule has 4 heteroatoms. The van der Waals surface area contributed by atoms with Crippen LogP contribution >= 0.6 is 0 Å². The Kier molecular flexibility index (Phi) is 7.56. The molecule has 1 aromatic carbocycles. The molecule has 2 aromatic rings. The van der Waals surface area contributed by atoms with Crippen molar-refractivity contribution < 1.29 is 4.42 Å². The molecule has 1 atom stereocenters. The minimum absolute atomic E-state index is 0.321. The maximum Gasteiger partial charge on any atom is 0.213 e. The topological polar surface area (TPSA) is 78.1 Å². The zero-order valence-electron chi connectivity index (χ0n) is 14.4. The van der Waals surface area contributed by atoms with Crippen LogP contribution in [0, 0.1) is 0 Å². The highest BCUT2D eigenvalue weighted by molar-refractivity contribution is 5.73. The lowest BCUT2D eigenvalue weighted by Gasteiger charge is -2.02. The van der Waals surface area contributed by atoms with Gasteiger partial charge in [-0.25, -0.2) is 4.98 Å². The Morgan fingerprint density at radius 2 is 1.74 bits per heavy atom. The number of unbranched alkanes of at least 4 members (excludes halogenated alkanes) is 7. The normalized spacial score (nSPS) is 12.8. The van der Waals surface area contributed by atoms with E-state index in [0.29, 0.717) is 12.4 Å². The minimum atomic E-state index is -0.321. The smallest absolute Gasteiger partial charge is 0.213 e. The summed E-state index contributed by atoms with van der Waals surface area (Å²) >= 11 is 0. The summed E-state index contributed by atoms with van der Waals surface area (Å²) < 4.78 is 5.65. The van der Waals surface area contributed by atoms with Gasteiger partial charge in [0.1, 0.15) is 5.52 Å². The van der Waals surface area contributed by atoms with Crippen molar-refractivity contribution in [2.45, 2.75) is 70.8 Å². The van der Waals surface area contributed by atoms with Gasteiger partial charge in [-0.15, -0.1) is 0 Å². The van der Waals surface area contributed by atoms with Crippen molar-refractivity contribution in [2.24, 2.45) is 11.5 Å². The fraction of sp³-hybridized carbons (Fsp3) is 0.632. The molecule has 0 aliphatic rings. The molecule has 2 rings (SSSR count). The van der Waals surface area contributed by atoms with Gasteiger partial charge in [-0.1, -0.05) is 57.9 Å². The molecule has 23 heavy (non-hydrogen) atoms. The van der Waals surface area contributed by atoms with Crippen LogP contribution in [0.25, 0.3) is 11.1 Å². The predicted molar refractivity (Wildman–Crippen MR) is 96.3 cm³/mol. The van der Waals surface area contributed by atoms with Crippen molar-refractivity contribution in [3.8, 4) is 0 Å². The predicted octanol–water partition coefficient (Wildman–Crippen LogP) is 4.47. The highest BCUT2D eigenvalue weighted by Gasteiger charge is 2.12. The third-order valence-electron chi connectivity index (χ3n) is 4.36. The Balaban J connectivity index is 1.75. The van der Waals surface area contributed by atoms with E-state index in [1.165, 1.54) is 56.9 Å². The Morgan fingerprint density at radius 1 is 1.04 bits per heavy atom. The first kappa shape index (κ1) is 18.0. The van der Waals surface area contributed by atoms with Gasteiger partial charge in [-0.2, -0.15) is 0 Å². The van der Waals surface area contributed by atoms with E-state index in [4.69, 9.17) is 15.9 Å². The van der Waals surface area contributed by atoms with Crippen LogP contribution in [0.1, 0.15) is 75.8 Å². The number of rotatable bonds is 11. The van der Waals surface area contributed by atoms with Crippen molar-refractivity contribution in [1.29, 1.82) is 0 Å². The van der Waals surface area contributed by atoms with Gasteiger partial charge in [-0.05, 0) is 30.5 Å². The number of fused-ring (bicyclic) bond motifs is 1. The maximum atomic E-state index is 5.87. The van der Waals surface area contributed by atoms with Crippen LogP contribution in [0.4, 0.5) is 0 Å². The summed E-state index contributed by atoms with van der Waals surface area (Å²) in [5.41, 5.74) is 14.4. The molecule has 0 aliphatic carbocycles. The van der Waals surface area contributed by atoms with Crippen molar-refractivity contribution in [2.75, 3.05) is 6.54 Å². The summed E-state index contributed by atoms with van der Waals surface area (Å²) in [6.45, 7) is 2.61. The van der Waals surface area contributed by atoms with Crippen LogP contribution < -0.4 is 11.5 Å². The highest BCUT2D eigenvalue weighted by atomic mass is 16.3. The molecule has 0 bridgehead atoms. The van der Waals surface area contributed by atoms with Gasteiger partial charge in [-0.3, -0.25) is 0 Å². The van der Waals surface area contributed by atoms with Gasteiger partial charge in [0.2, 0.25) is 5.89 Å². The lowest BCUT2D eigenvalue weighted by Crippen LogP contribution is -2.20. The number of aryl methyl sites for hydroxylation is 1. The molecule has 0 spiro atoms. The van der Waals surface area contributed by atoms with E-state index in [-0.39, 0.29) is 6.04 Å². The zero-order valence-corrected chi connectivity index (χ0v) is 14.4. The average Bonchev–Trinajstić information content (AvgIpc) is 2.99. The molecule has 4 N–H and O–H groups in total. The quantitative estimate of drug-likeness (QED) is 0.599. The Labute approximate surface area is 139 Å². The standard InChI is InChI=1S/C19H31N3O/c1-2-3-4-5-6-7-8-9-10-15-11-12-18-17(13-15)22-19(23-18)16(21)14-20/h11-13,16H,2-10,14,20-21H2,1H3. The van der Waals surface area contributed by atoms with Crippen LogP contribution in [-0.4, -0.2) is 11.5 Å². The summed E-state index contributed by atoms with van der Waals surface area (Å²) in [7, 11) is 0. The molecule has 1 unspecified atom stereocenters. The van der Waals surface area contributed by atoms with Crippen LogP contribution in [0.3, 0.4) is 0 Å². The van der Waals surface area contributed by atoms with Gasteiger partial charge in [0.05, 0.1) is 6.04 Å². The number of aromatic nitrogens is 1. The first-order valence-corrected chi connectivity index (χ1v) is 9.09. The Bertz CT molecular complexity index is 579. The molecule has 0 fully saturated rings. The van der Waals surface area contributed by atoms with E-state index >= 15 is 0 Å². The molecule has 0 aliphatic heterocycles. The second-order valence-electron chi connectivity index (χ2n) is 6.42. The average molecular weight is 317 g/mol. The number of oxazole rings is 1. The largest absolute Gasteiger partial charge is 0.439 e. The fourth-order valence-corrected chi connectivity index (χ4v) is 2.87. The monoisotopic (exact) mass is 317 g/mol. The molecule has 1 aromatic heterocycles. The molecule has 0 saturated heterocycles. The molecule has 1 heterocycles. The summed E-state index contributed by atoms with van der Waals surface area (Å²) in [6.07, 6.45) is 11.9. The van der Waals surface area contributed by atoms with Crippen LogP contribution in [0.2, 0.25) is 0 Å². The third kappa shape index (κ3) is 5.63. The highest BCUT2D eigenvalue weighted by Crippen LogP contribution is 2.21. The van der Waals surface area contributed by atoms with Crippen molar-refractivity contribution in [1.82, 2.24) is 4.98 Å². The van der Waals surface area contributed by atoms with E-state index in [1.807, 2.05) is 6.07 Å². The number of hydrogen-bond acceptors (Lipinski definition) is 4. The number of nitrogens with two attached hydrogens (primary N) is 2. The minimum Gasteiger partial charge on any atom is -0.439 e. The lowest BCUT2D eigenvalue weighted by molar-refractivity contribution is 0.480. The van der Waals surface area contributed by atoms with E-state index in [0.717, 1.165) is 17.5 Å². The van der Waals surface area contributed by atoms with E-state index in [2.05, 4.69) is 24.0 Å². The van der Waals surface area contributed by atoms with Gasteiger partial charge in [0, 0.05) is 6.54 Å². The SMILES string of the molecule is CCCCCCCCCCc1ccc2oc(C(N)CN)nc2c1. The number of nitrogens with zero attached hydrogens (tertiary/aromatic N) is 1. The molecule has 128 valence electrons.